The Morgan fingerprint density at radius 1 is 1.53 bits per heavy atom. The van der Waals surface area contributed by atoms with Gasteiger partial charge in [0.25, 0.3) is 0 Å². The van der Waals surface area contributed by atoms with Gasteiger partial charge in [0.05, 0.1) is 5.02 Å². The molecule has 0 bridgehead atoms. The van der Waals surface area contributed by atoms with Crippen molar-refractivity contribution < 1.29 is 9.90 Å². The lowest BCUT2D eigenvalue weighted by Crippen LogP contribution is -2.01. The van der Waals surface area contributed by atoms with Crippen LogP contribution < -0.4 is 0 Å². The van der Waals surface area contributed by atoms with Gasteiger partial charge in [0.15, 0.2) is 5.78 Å². The number of rotatable bonds is 2. The highest BCUT2D eigenvalue weighted by molar-refractivity contribution is 6.38. The average molecular weight is 243 g/mol. The van der Waals surface area contributed by atoms with Crippen LogP contribution in [0.1, 0.15) is 28.9 Å². The van der Waals surface area contributed by atoms with Crippen LogP contribution in [-0.4, -0.2) is 10.9 Å². The average Bonchev–Trinajstić information content (AvgIpc) is 2.16. The molecule has 1 atom stereocenters. The summed E-state index contributed by atoms with van der Waals surface area (Å²) in [6.45, 7) is 1.38. The molecule has 1 aromatic carbocycles. The number of terminal acetylenes is 1. The maximum atomic E-state index is 11.2. The zero-order chi connectivity index (χ0) is 11.6. The molecule has 1 unspecified atom stereocenters. The molecule has 0 heterocycles. The lowest BCUT2D eigenvalue weighted by molar-refractivity contribution is 0.101. The van der Waals surface area contributed by atoms with Crippen molar-refractivity contribution in [1.82, 2.24) is 0 Å². The van der Waals surface area contributed by atoms with E-state index in [-0.39, 0.29) is 21.4 Å². The fourth-order valence-corrected chi connectivity index (χ4v) is 1.89. The zero-order valence-electron chi connectivity index (χ0n) is 7.92. The van der Waals surface area contributed by atoms with Crippen molar-refractivity contribution in [3.05, 3.63) is 33.3 Å². The number of Topliss-reactive ketones (excluding diaryl/α,β-unsaturated/α-hetero) is 1. The first-order chi connectivity index (χ1) is 6.99. The summed E-state index contributed by atoms with van der Waals surface area (Å²) in [7, 11) is 0. The molecule has 15 heavy (non-hydrogen) atoms. The second-order valence-corrected chi connectivity index (χ2v) is 3.73. The molecule has 0 aromatic heterocycles. The number of carbonyl (C=O) groups is 1. The first-order valence-electron chi connectivity index (χ1n) is 4.12. The van der Waals surface area contributed by atoms with E-state index in [4.69, 9.17) is 29.6 Å². The van der Waals surface area contributed by atoms with E-state index in [2.05, 4.69) is 5.92 Å². The van der Waals surface area contributed by atoms with Crippen LogP contribution in [0.3, 0.4) is 0 Å². The summed E-state index contributed by atoms with van der Waals surface area (Å²) in [5, 5.41) is 9.84. The van der Waals surface area contributed by atoms with Crippen molar-refractivity contribution >= 4 is 29.0 Å². The van der Waals surface area contributed by atoms with Crippen LogP contribution in [-0.2, 0) is 0 Å². The second-order valence-electron chi connectivity index (χ2n) is 2.95. The molecule has 0 saturated carbocycles. The quantitative estimate of drug-likeness (QED) is 0.640. The third-order valence-electron chi connectivity index (χ3n) is 1.94. The summed E-state index contributed by atoms with van der Waals surface area (Å²) < 4.78 is 0. The molecule has 4 heteroatoms. The van der Waals surface area contributed by atoms with Crippen LogP contribution in [0.15, 0.2) is 12.1 Å². The second kappa shape index (κ2) is 4.67. The monoisotopic (exact) mass is 242 g/mol. The van der Waals surface area contributed by atoms with E-state index in [0.717, 1.165) is 0 Å². The highest BCUT2D eigenvalue weighted by Gasteiger charge is 2.18. The van der Waals surface area contributed by atoms with Crippen LogP contribution in [0, 0.1) is 12.3 Å². The molecule has 0 amide bonds. The molecule has 0 aliphatic heterocycles. The summed E-state index contributed by atoms with van der Waals surface area (Å²) in [6, 6.07) is 2.99. The fraction of sp³-hybridized carbons (Fsp3) is 0.182. The maximum absolute atomic E-state index is 11.2. The van der Waals surface area contributed by atoms with Gasteiger partial charge < -0.3 is 5.11 Å². The lowest BCUT2D eigenvalue weighted by Gasteiger charge is -2.11. The molecular weight excluding hydrogens is 235 g/mol. The summed E-state index contributed by atoms with van der Waals surface area (Å²) >= 11 is 11.8. The third kappa shape index (κ3) is 2.32. The topological polar surface area (TPSA) is 37.3 Å². The first-order valence-corrected chi connectivity index (χ1v) is 4.87. The Morgan fingerprint density at radius 3 is 2.60 bits per heavy atom. The molecule has 0 spiro atoms. The Morgan fingerprint density at radius 2 is 2.13 bits per heavy atom. The van der Waals surface area contributed by atoms with Crippen LogP contribution >= 0.6 is 23.2 Å². The number of aliphatic hydroxyl groups excluding tert-OH is 1. The van der Waals surface area contributed by atoms with Crippen LogP contribution in [0.2, 0.25) is 10.0 Å². The van der Waals surface area contributed by atoms with Crippen molar-refractivity contribution in [2.24, 2.45) is 0 Å². The Hall–Kier alpha value is -1.01. The smallest absolute Gasteiger partial charge is 0.161 e. The van der Waals surface area contributed by atoms with Gasteiger partial charge in [-0.25, -0.2) is 0 Å². The number of hydrogen-bond donors (Lipinski definition) is 1. The Labute approximate surface area is 97.8 Å². The number of hydrogen-bond acceptors (Lipinski definition) is 2. The zero-order valence-corrected chi connectivity index (χ0v) is 9.43. The number of carbonyl (C=O) groups excluding carboxylic acids is 1. The minimum atomic E-state index is -1.20. The fourth-order valence-electron chi connectivity index (χ4n) is 1.18. The van der Waals surface area contributed by atoms with Crippen LogP contribution in [0.5, 0.6) is 0 Å². The van der Waals surface area contributed by atoms with Crippen molar-refractivity contribution in [2.75, 3.05) is 0 Å². The molecule has 0 saturated heterocycles. The normalized spacial score (nSPS) is 11.9. The first kappa shape index (κ1) is 12.1. The van der Waals surface area contributed by atoms with Crippen molar-refractivity contribution in [2.45, 2.75) is 13.0 Å². The molecular formula is C11H8Cl2O2. The van der Waals surface area contributed by atoms with Crippen molar-refractivity contribution in [3.8, 4) is 12.3 Å². The van der Waals surface area contributed by atoms with E-state index < -0.39 is 6.10 Å². The molecule has 0 fully saturated rings. The highest BCUT2D eigenvalue weighted by atomic mass is 35.5. The SMILES string of the molecule is C#CC(O)c1c(Cl)ccc(C(C)=O)c1Cl. The number of benzene rings is 1. The van der Waals surface area contributed by atoms with Crippen LogP contribution in [0.25, 0.3) is 0 Å². The number of halogens is 2. The summed E-state index contributed by atoms with van der Waals surface area (Å²) in [4.78, 5) is 11.2. The van der Waals surface area contributed by atoms with Gasteiger partial charge >= 0.3 is 0 Å². The van der Waals surface area contributed by atoms with Crippen LogP contribution in [0.4, 0.5) is 0 Å². The van der Waals surface area contributed by atoms with E-state index in [1.165, 1.54) is 19.1 Å². The van der Waals surface area contributed by atoms with E-state index in [9.17, 15) is 9.90 Å². The summed E-state index contributed by atoms with van der Waals surface area (Å²) in [5.74, 6) is 1.90. The minimum absolute atomic E-state index is 0.112. The Balaban J connectivity index is 3.44. The van der Waals surface area contributed by atoms with E-state index in [1.807, 2.05) is 0 Å². The Kier molecular flexibility index (Phi) is 3.76. The van der Waals surface area contributed by atoms with Gasteiger partial charge in [-0.05, 0) is 19.1 Å². The van der Waals surface area contributed by atoms with E-state index in [0.29, 0.717) is 5.56 Å². The van der Waals surface area contributed by atoms with E-state index >= 15 is 0 Å². The molecule has 0 aliphatic rings. The number of ketones is 1. The molecule has 2 nitrogen and oxygen atoms in total. The highest BCUT2D eigenvalue weighted by Crippen LogP contribution is 2.33. The van der Waals surface area contributed by atoms with Crippen molar-refractivity contribution in [1.29, 1.82) is 0 Å². The number of aliphatic hydroxyl groups is 1. The molecule has 78 valence electrons. The van der Waals surface area contributed by atoms with Gasteiger partial charge in [-0.15, -0.1) is 6.42 Å². The van der Waals surface area contributed by atoms with Gasteiger partial charge in [0.2, 0.25) is 0 Å². The summed E-state index contributed by atoms with van der Waals surface area (Å²) in [6.07, 6.45) is 3.86. The van der Waals surface area contributed by atoms with Gasteiger partial charge in [0, 0.05) is 16.1 Å². The molecule has 1 aromatic rings. The molecule has 1 rings (SSSR count). The largest absolute Gasteiger partial charge is 0.376 e. The Bertz CT molecular complexity index is 447. The predicted octanol–water partition coefficient (Wildman–Crippen LogP) is 2.86. The summed E-state index contributed by atoms with van der Waals surface area (Å²) in [5.41, 5.74) is 0.499. The minimum Gasteiger partial charge on any atom is -0.376 e. The van der Waals surface area contributed by atoms with E-state index in [1.54, 1.807) is 0 Å². The predicted molar refractivity (Wildman–Crippen MR) is 60.3 cm³/mol. The molecule has 0 radical (unpaired) electrons. The van der Waals surface area contributed by atoms with Gasteiger partial charge in [0.1, 0.15) is 6.10 Å². The maximum Gasteiger partial charge on any atom is 0.161 e. The lowest BCUT2D eigenvalue weighted by atomic mass is 10.0. The van der Waals surface area contributed by atoms with Gasteiger partial charge in [-0.3, -0.25) is 4.79 Å². The molecule has 0 aliphatic carbocycles. The van der Waals surface area contributed by atoms with Gasteiger partial charge in [-0.1, -0.05) is 29.1 Å². The molecule has 1 N–H and O–H groups in total. The standard InChI is InChI=1S/C11H8Cl2O2/c1-3-9(15)10-8(12)5-4-7(6(2)14)11(10)13/h1,4-5,9,15H,2H3. The third-order valence-corrected chi connectivity index (χ3v) is 2.67. The van der Waals surface area contributed by atoms with Gasteiger partial charge in [-0.2, -0.15) is 0 Å². The van der Waals surface area contributed by atoms with Crippen molar-refractivity contribution in [3.63, 3.8) is 0 Å².